The second-order valence-corrected chi connectivity index (χ2v) is 4.87. The van der Waals surface area contributed by atoms with Crippen LogP contribution in [0.25, 0.3) is 6.08 Å². The van der Waals surface area contributed by atoms with Crippen LogP contribution in [0.4, 0.5) is 11.4 Å². The van der Waals surface area contributed by atoms with Gasteiger partial charge in [0.1, 0.15) is 17.3 Å². The molecule has 23 heavy (non-hydrogen) atoms. The average molecular weight is 314 g/mol. The van der Waals surface area contributed by atoms with Crippen LogP contribution in [-0.4, -0.2) is 18.9 Å². The van der Waals surface area contributed by atoms with E-state index < -0.39 is 0 Å². The van der Waals surface area contributed by atoms with Crippen LogP contribution in [0.15, 0.2) is 40.8 Å². The zero-order valence-corrected chi connectivity index (χ0v) is 13.2. The number of carbonyl (C=O) groups excluding carboxylic acids is 2. The monoisotopic (exact) mass is 314 g/mol. The maximum Gasteiger partial charge on any atom is 0.248 e. The highest BCUT2D eigenvalue weighted by atomic mass is 16.5. The van der Waals surface area contributed by atoms with Crippen LogP contribution in [0.3, 0.4) is 0 Å². The highest BCUT2D eigenvalue weighted by Gasteiger charge is 2.08. The molecule has 0 saturated heterocycles. The summed E-state index contributed by atoms with van der Waals surface area (Å²) in [5.74, 6) is 1.33. The molecule has 2 amide bonds. The predicted octanol–water partition coefficient (Wildman–Crippen LogP) is 3.21. The minimum Gasteiger partial charge on any atom is -0.495 e. The SMILES string of the molecule is COc1ccc(NC(C)=O)cc1NC(=O)C=Cc1ccc(C)o1. The zero-order valence-electron chi connectivity index (χ0n) is 13.2. The molecule has 6 nitrogen and oxygen atoms in total. The van der Waals surface area contributed by atoms with Crippen LogP contribution in [-0.2, 0) is 9.59 Å². The second-order valence-electron chi connectivity index (χ2n) is 4.87. The molecule has 0 atom stereocenters. The molecule has 2 N–H and O–H groups in total. The number of furan rings is 1. The van der Waals surface area contributed by atoms with Gasteiger partial charge in [0.2, 0.25) is 11.8 Å². The normalized spacial score (nSPS) is 10.6. The summed E-state index contributed by atoms with van der Waals surface area (Å²) in [6, 6.07) is 8.58. The van der Waals surface area contributed by atoms with Crippen LogP contribution in [0.2, 0.25) is 0 Å². The molecule has 2 aromatic rings. The fraction of sp³-hybridized carbons (Fsp3) is 0.176. The summed E-state index contributed by atoms with van der Waals surface area (Å²) < 4.78 is 10.6. The molecule has 2 rings (SSSR count). The van der Waals surface area contributed by atoms with Crippen molar-refractivity contribution in [1.29, 1.82) is 0 Å². The molecule has 0 spiro atoms. The van der Waals surface area contributed by atoms with Crippen LogP contribution in [0.5, 0.6) is 5.75 Å². The third-order valence-corrected chi connectivity index (χ3v) is 2.94. The molecule has 1 heterocycles. The lowest BCUT2D eigenvalue weighted by atomic mass is 10.2. The summed E-state index contributed by atoms with van der Waals surface area (Å²) in [5.41, 5.74) is 1.03. The minimum absolute atomic E-state index is 0.194. The predicted molar refractivity (Wildman–Crippen MR) is 88.4 cm³/mol. The molecule has 0 aliphatic carbocycles. The summed E-state index contributed by atoms with van der Waals surface area (Å²) in [6.45, 7) is 3.24. The zero-order chi connectivity index (χ0) is 16.8. The fourth-order valence-electron chi connectivity index (χ4n) is 1.96. The lowest BCUT2D eigenvalue weighted by molar-refractivity contribution is -0.114. The molecule has 6 heteroatoms. The number of anilines is 2. The van der Waals surface area contributed by atoms with Crippen molar-refractivity contribution in [3.63, 3.8) is 0 Å². The quantitative estimate of drug-likeness (QED) is 0.830. The standard InChI is InChI=1S/C17H18N2O4/c1-11-4-6-14(23-11)7-9-17(21)19-15-10-13(18-12(2)20)5-8-16(15)22-3/h4-10H,1-3H3,(H,18,20)(H,19,21). The minimum atomic E-state index is -0.336. The topological polar surface area (TPSA) is 80.6 Å². The number of hydrogen-bond donors (Lipinski definition) is 2. The van der Waals surface area contributed by atoms with Gasteiger partial charge in [0, 0.05) is 18.7 Å². The Labute approximate surface area is 134 Å². The van der Waals surface area contributed by atoms with Gasteiger partial charge in [0.25, 0.3) is 0 Å². The molecule has 0 aliphatic rings. The lowest BCUT2D eigenvalue weighted by Crippen LogP contribution is -2.10. The van der Waals surface area contributed by atoms with E-state index in [9.17, 15) is 9.59 Å². The Kier molecular flexibility index (Phi) is 5.19. The Bertz CT molecular complexity index is 747. The first kappa shape index (κ1) is 16.4. The Balaban J connectivity index is 2.12. The largest absolute Gasteiger partial charge is 0.495 e. The third kappa shape index (κ3) is 4.74. The first-order chi connectivity index (χ1) is 11.0. The lowest BCUT2D eigenvalue weighted by Gasteiger charge is -2.11. The van der Waals surface area contributed by atoms with Crippen molar-refractivity contribution >= 4 is 29.3 Å². The number of rotatable bonds is 5. The van der Waals surface area contributed by atoms with E-state index in [-0.39, 0.29) is 11.8 Å². The van der Waals surface area contributed by atoms with Gasteiger partial charge in [-0.2, -0.15) is 0 Å². The smallest absolute Gasteiger partial charge is 0.248 e. The van der Waals surface area contributed by atoms with E-state index in [1.165, 1.54) is 20.1 Å². The number of ether oxygens (including phenoxy) is 1. The van der Waals surface area contributed by atoms with Gasteiger partial charge in [-0.15, -0.1) is 0 Å². The van der Waals surface area contributed by atoms with Gasteiger partial charge >= 0.3 is 0 Å². The first-order valence-electron chi connectivity index (χ1n) is 6.99. The van der Waals surface area contributed by atoms with Crippen LogP contribution in [0, 0.1) is 6.92 Å². The molecule has 1 aromatic carbocycles. The van der Waals surface area contributed by atoms with Gasteiger partial charge in [-0.3, -0.25) is 9.59 Å². The van der Waals surface area contributed by atoms with Crippen molar-refractivity contribution in [3.8, 4) is 5.75 Å². The molecule has 120 valence electrons. The van der Waals surface area contributed by atoms with Gasteiger partial charge in [-0.25, -0.2) is 0 Å². The summed E-state index contributed by atoms with van der Waals surface area (Å²) in [7, 11) is 1.50. The van der Waals surface area contributed by atoms with Crippen LogP contribution >= 0.6 is 0 Å². The number of amides is 2. The van der Waals surface area contributed by atoms with Crippen molar-refractivity contribution in [3.05, 3.63) is 47.9 Å². The summed E-state index contributed by atoms with van der Waals surface area (Å²) in [6.07, 6.45) is 2.94. The van der Waals surface area contributed by atoms with E-state index in [0.717, 1.165) is 5.76 Å². The summed E-state index contributed by atoms with van der Waals surface area (Å²) in [5, 5.41) is 5.36. The Morgan fingerprint density at radius 3 is 2.57 bits per heavy atom. The molecule has 0 saturated carbocycles. The van der Waals surface area contributed by atoms with Crippen molar-refractivity contribution in [2.45, 2.75) is 13.8 Å². The van der Waals surface area contributed by atoms with E-state index in [1.54, 1.807) is 30.3 Å². The van der Waals surface area contributed by atoms with Gasteiger partial charge in [-0.1, -0.05) is 0 Å². The van der Waals surface area contributed by atoms with E-state index in [0.29, 0.717) is 22.9 Å². The average Bonchev–Trinajstić information content (AvgIpc) is 2.90. The van der Waals surface area contributed by atoms with Gasteiger partial charge < -0.3 is 19.8 Å². The summed E-state index contributed by atoms with van der Waals surface area (Å²) in [4.78, 5) is 23.1. The molecule has 0 unspecified atom stereocenters. The number of carbonyl (C=O) groups is 2. The molecule has 0 fully saturated rings. The highest BCUT2D eigenvalue weighted by Crippen LogP contribution is 2.27. The maximum absolute atomic E-state index is 12.0. The van der Waals surface area contributed by atoms with Crippen LogP contribution in [0.1, 0.15) is 18.4 Å². The molecule has 1 aromatic heterocycles. The Hall–Kier alpha value is -3.02. The van der Waals surface area contributed by atoms with Crippen molar-refractivity contribution in [1.82, 2.24) is 0 Å². The molecule has 0 aliphatic heterocycles. The maximum atomic E-state index is 12.0. The van der Waals surface area contributed by atoms with E-state index >= 15 is 0 Å². The fourth-order valence-corrected chi connectivity index (χ4v) is 1.96. The van der Waals surface area contributed by atoms with Crippen LogP contribution < -0.4 is 15.4 Å². The van der Waals surface area contributed by atoms with E-state index in [1.807, 2.05) is 13.0 Å². The number of aryl methyl sites for hydroxylation is 1. The molecular weight excluding hydrogens is 296 g/mol. The van der Waals surface area contributed by atoms with Crippen molar-refractivity contribution in [2.75, 3.05) is 17.7 Å². The van der Waals surface area contributed by atoms with Gasteiger partial charge in [0.15, 0.2) is 0 Å². The van der Waals surface area contributed by atoms with E-state index in [2.05, 4.69) is 10.6 Å². The molecule has 0 radical (unpaired) electrons. The Morgan fingerprint density at radius 2 is 1.96 bits per heavy atom. The van der Waals surface area contributed by atoms with Crippen molar-refractivity contribution in [2.24, 2.45) is 0 Å². The molecular formula is C17H18N2O4. The highest BCUT2D eigenvalue weighted by molar-refractivity contribution is 6.03. The second kappa shape index (κ2) is 7.31. The molecule has 0 bridgehead atoms. The van der Waals surface area contributed by atoms with E-state index in [4.69, 9.17) is 9.15 Å². The number of nitrogens with one attached hydrogen (secondary N) is 2. The summed E-state index contributed by atoms with van der Waals surface area (Å²) >= 11 is 0. The Morgan fingerprint density at radius 1 is 1.17 bits per heavy atom. The van der Waals surface area contributed by atoms with Crippen molar-refractivity contribution < 1.29 is 18.7 Å². The number of hydrogen-bond acceptors (Lipinski definition) is 4. The third-order valence-electron chi connectivity index (χ3n) is 2.94. The first-order valence-corrected chi connectivity index (χ1v) is 6.99. The number of benzene rings is 1. The van der Waals surface area contributed by atoms with Gasteiger partial charge in [0.05, 0.1) is 12.8 Å². The van der Waals surface area contributed by atoms with Gasteiger partial charge in [-0.05, 0) is 43.3 Å². The number of methoxy groups -OCH3 is 1.